The SMILES string of the molecule is [B][C@]1(CCC)C[C@@H](Oc2ncc(-c3ccc(-n4ccnc4)cc3O)nn2)[C@H](F)C[C@H]1F. The molecule has 1 fully saturated rings. The molecule has 0 aliphatic heterocycles. The molecule has 31 heavy (non-hydrogen) atoms. The number of ether oxygens (including phenoxy) is 1. The molecule has 2 aromatic heterocycles. The summed E-state index contributed by atoms with van der Waals surface area (Å²) in [6, 6.07) is 4.92. The first kappa shape index (κ1) is 21.2. The van der Waals surface area contributed by atoms with Crippen molar-refractivity contribution in [3.63, 3.8) is 0 Å². The average Bonchev–Trinajstić information content (AvgIpc) is 3.28. The van der Waals surface area contributed by atoms with Gasteiger partial charge in [0.25, 0.3) is 0 Å². The monoisotopic (exact) mass is 425 g/mol. The van der Waals surface area contributed by atoms with Crippen LogP contribution in [0, 0.1) is 0 Å². The zero-order chi connectivity index (χ0) is 22.0. The van der Waals surface area contributed by atoms with Gasteiger partial charge in [0.15, 0.2) is 0 Å². The molecule has 2 radical (unpaired) electrons. The van der Waals surface area contributed by atoms with Gasteiger partial charge in [0.2, 0.25) is 0 Å². The maximum atomic E-state index is 14.4. The molecule has 7 nitrogen and oxygen atoms in total. The van der Waals surface area contributed by atoms with E-state index < -0.39 is 23.8 Å². The molecule has 1 saturated carbocycles. The second kappa shape index (κ2) is 8.60. The number of halogens is 2. The Kier molecular flexibility index (Phi) is 5.89. The minimum atomic E-state index is -1.51. The van der Waals surface area contributed by atoms with Crippen LogP contribution in [-0.4, -0.2) is 56.1 Å². The van der Waals surface area contributed by atoms with Crippen molar-refractivity contribution >= 4 is 7.85 Å². The highest BCUT2D eigenvalue weighted by Crippen LogP contribution is 2.47. The normalized spacial score (nSPS) is 26.0. The standard InChI is InChI=1S/C21H22BF2N5O2/c1-2-5-21(22)10-18(15(23)9-19(21)24)31-20-26-11-16(27-28-20)14-4-3-13(8-17(14)30)29-7-6-25-12-29/h3-4,6-8,11-12,15,18-19,30H,2,5,9-10H2,1H3/t15-,18-,19-,21-/m1/s1. The first-order valence-electron chi connectivity index (χ1n) is 10.1. The zero-order valence-electron chi connectivity index (χ0n) is 17.0. The lowest BCUT2D eigenvalue weighted by Gasteiger charge is -2.42. The fourth-order valence-electron chi connectivity index (χ4n) is 3.94. The Labute approximate surface area is 179 Å². The van der Waals surface area contributed by atoms with Gasteiger partial charge >= 0.3 is 6.01 Å². The molecule has 0 spiro atoms. The third-order valence-electron chi connectivity index (χ3n) is 5.61. The van der Waals surface area contributed by atoms with Gasteiger partial charge in [0.1, 0.15) is 29.9 Å². The van der Waals surface area contributed by atoms with Gasteiger partial charge in [-0.1, -0.05) is 24.9 Å². The summed E-state index contributed by atoms with van der Waals surface area (Å²) in [4.78, 5) is 8.06. The Bertz CT molecular complexity index is 1020. The summed E-state index contributed by atoms with van der Waals surface area (Å²) in [5.41, 5.74) is 1.49. The van der Waals surface area contributed by atoms with Gasteiger partial charge in [0.05, 0.1) is 26.1 Å². The highest BCUT2D eigenvalue weighted by molar-refractivity contribution is 6.15. The van der Waals surface area contributed by atoms with E-state index in [1.165, 1.54) is 6.20 Å². The Balaban J connectivity index is 1.48. The van der Waals surface area contributed by atoms with Gasteiger partial charge < -0.3 is 14.4 Å². The van der Waals surface area contributed by atoms with Crippen LogP contribution in [0.4, 0.5) is 8.78 Å². The summed E-state index contributed by atoms with van der Waals surface area (Å²) >= 11 is 0. The number of aromatic hydroxyl groups is 1. The third kappa shape index (κ3) is 4.38. The number of hydrogen-bond acceptors (Lipinski definition) is 6. The number of imidazole rings is 1. The van der Waals surface area contributed by atoms with E-state index in [0.717, 1.165) is 5.69 Å². The molecule has 160 valence electrons. The van der Waals surface area contributed by atoms with E-state index in [1.54, 1.807) is 41.5 Å². The Morgan fingerprint density at radius 3 is 2.81 bits per heavy atom. The predicted molar refractivity (Wildman–Crippen MR) is 111 cm³/mol. The number of hydrogen-bond donors (Lipinski definition) is 1. The fourth-order valence-corrected chi connectivity index (χ4v) is 3.94. The van der Waals surface area contributed by atoms with Gasteiger partial charge in [-0.15, -0.1) is 5.10 Å². The van der Waals surface area contributed by atoms with Crippen molar-refractivity contribution in [2.24, 2.45) is 0 Å². The molecule has 1 aliphatic carbocycles. The summed E-state index contributed by atoms with van der Waals surface area (Å²) in [5, 5.41) is 17.2. The summed E-state index contributed by atoms with van der Waals surface area (Å²) in [6.45, 7) is 1.90. The number of rotatable bonds is 6. The number of phenols is 1. The number of aromatic nitrogens is 5. The lowest BCUT2D eigenvalue weighted by atomic mass is 9.56. The van der Waals surface area contributed by atoms with Crippen molar-refractivity contribution < 1.29 is 18.6 Å². The molecule has 0 saturated heterocycles. The molecule has 1 aliphatic rings. The quantitative estimate of drug-likeness (QED) is 0.606. The third-order valence-corrected chi connectivity index (χ3v) is 5.61. The maximum Gasteiger partial charge on any atom is 0.336 e. The highest BCUT2D eigenvalue weighted by atomic mass is 19.1. The van der Waals surface area contributed by atoms with Crippen molar-refractivity contribution in [3.8, 4) is 28.7 Å². The molecule has 0 amide bonds. The summed E-state index contributed by atoms with van der Waals surface area (Å²) in [6.07, 6.45) is 3.36. The van der Waals surface area contributed by atoms with Gasteiger partial charge in [-0.05, 0) is 23.9 Å². The Morgan fingerprint density at radius 2 is 2.16 bits per heavy atom. The van der Waals surface area contributed by atoms with E-state index in [2.05, 4.69) is 20.2 Å². The number of benzene rings is 1. The van der Waals surface area contributed by atoms with E-state index >= 15 is 0 Å². The molecule has 0 unspecified atom stereocenters. The van der Waals surface area contributed by atoms with Crippen LogP contribution in [-0.2, 0) is 0 Å². The molecule has 3 aromatic rings. The van der Waals surface area contributed by atoms with E-state index in [-0.39, 0.29) is 24.6 Å². The lowest BCUT2D eigenvalue weighted by Crippen LogP contribution is -2.45. The van der Waals surface area contributed by atoms with E-state index in [0.29, 0.717) is 24.1 Å². The molecule has 2 heterocycles. The Morgan fingerprint density at radius 1 is 1.32 bits per heavy atom. The predicted octanol–water partition coefficient (Wildman–Crippen LogP) is 3.77. The van der Waals surface area contributed by atoms with E-state index in [9.17, 15) is 13.9 Å². The second-order valence-corrected chi connectivity index (χ2v) is 7.86. The minimum absolute atomic E-state index is 0.00598. The van der Waals surface area contributed by atoms with Crippen molar-refractivity contribution in [1.29, 1.82) is 0 Å². The molecule has 4 atom stereocenters. The summed E-state index contributed by atoms with van der Waals surface area (Å²) in [5.74, 6) is -0.00598. The molecule has 1 aromatic carbocycles. The molecule has 4 rings (SSSR count). The van der Waals surface area contributed by atoms with Gasteiger partial charge in [-0.2, -0.15) is 0 Å². The van der Waals surface area contributed by atoms with E-state index in [1.807, 2.05) is 6.92 Å². The fraction of sp³-hybridized carbons (Fsp3) is 0.429. The van der Waals surface area contributed by atoms with Crippen LogP contribution in [0.5, 0.6) is 11.8 Å². The van der Waals surface area contributed by atoms with Crippen LogP contribution in [0.3, 0.4) is 0 Å². The maximum absolute atomic E-state index is 14.4. The Hall–Kier alpha value is -3.04. The number of nitrogens with zero attached hydrogens (tertiary/aromatic N) is 5. The zero-order valence-corrected chi connectivity index (χ0v) is 17.0. The number of phenolic OH excluding ortho intramolecular Hbond substituents is 1. The first-order valence-corrected chi connectivity index (χ1v) is 10.1. The molecule has 1 N–H and O–H groups in total. The second-order valence-electron chi connectivity index (χ2n) is 7.86. The topological polar surface area (TPSA) is 86.0 Å². The van der Waals surface area contributed by atoms with Crippen LogP contribution in [0.2, 0.25) is 5.31 Å². The first-order chi connectivity index (χ1) is 14.9. The van der Waals surface area contributed by atoms with Crippen molar-refractivity contribution in [3.05, 3.63) is 43.1 Å². The smallest absolute Gasteiger partial charge is 0.336 e. The van der Waals surface area contributed by atoms with Crippen molar-refractivity contribution in [2.45, 2.75) is 56.4 Å². The molecule has 10 heteroatoms. The van der Waals surface area contributed by atoms with Crippen molar-refractivity contribution in [1.82, 2.24) is 24.7 Å². The van der Waals surface area contributed by atoms with Crippen molar-refractivity contribution in [2.75, 3.05) is 0 Å². The van der Waals surface area contributed by atoms with Crippen LogP contribution in [0.1, 0.15) is 32.6 Å². The number of alkyl halides is 2. The van der Waals surface area contributed by atoms with Gasteiger partial charge in [0, 0.05) is 30.4 Å². The van der Waals surface area contributed by atoms with Gasteiger partial charge in [-0.25, -0.2) is 18.7 Å². The van der Waals surface area contributed by atoms with E-state index in [4.69, 9.17) is 12.6 Å². The van der Waals surface area contributed by atoms with Gasteiger partial charge in [-0.3, -0.25) is 0 Å². The van der Waals surface area contributed by atoms with Crippen LogP contribution in [0.15, 0.2) is 43.1 Å². The minimum Gasteiger partial charge on any atom is -0.507 e. The lowest BCUT2D eigenvalue weighted by molar-refractivity contribution is -0.00119. The summed E-state index contributed by atoms with van der Waals surface area (Å²) < 4.78 is 36.0. The molecular weight excluding hydrogens is 403 g/mol. The van der Waals surface area contributed by atoms with Crippen LogP contribution >= 0.6 is 0 Å². The average molecular weight is 425 g/mol. The highest BCUT2D eigenvalue weighted by Gasteiger charge is 2.46. The molecular formula is C21H22BF2N5O2. The largest absolute Gasteiger partial charge is 0.507 e. The molecule has 0 bridgehead atoms. The summed E-state index contributed by atoms with van der Waals surface area (Å²) in [7, 11) is 6.17. The van der Waals surface area contributed by atoms with Crippen LogP contribution in [0.25, 0.3) is 16.9 Å². The van der Waals surface area contributed by atoms with Crippen LogP contribution < -0.4 is 4.74 Å².